The molecule has 0 unspecified atom stereocenters. The third-order valence-corrected chi connectivity index (χ3v) is 4.10. The standard InChI is InChI=1S/C20H27N3O/c1-5-23(6-2)18-10-8-17(9-11-18)21-14-20(24)22-19-12-7-15(3)13-16(19)4/h7-13,21H,5-6,14H2,1-4H3,(H,22,24). The number of hydrogen-bond acceptors (Lipinski definition) is 3. The number of nitrogens with one attached hydrogen (secondary N) is 2. The minimum Gasteiger partial charge on any atom is -0.376 e. The zero-order chi connectivity index (χ0) is 17.5. The molecule has 1 amide bonds. The van der Waals surface area contributed by atoms with Crippen molar-refractivity contribution in [3.8, 4) is 0 Å². The number of rotatable bonds is 7. The molecule has 0 aliphatic carbocycles. The zero-order valence-corrected chi connectivity index (χ0v) is 15.0. The number of nitrogens with zero attached hydrogens (tertiary/aromatic N) is 1. The van der Waals surface area contributed by atoms with Gasteiger partial charge in [-0.05, 0) is 63.6 Å². The second kappa shape index (κ2) is 8.39. The van der Waals surface area contributed by atoms with Crippen LogP contribution in [0.25, 0.3) is 0 Å². The molecule has 0 saturated carbocycles. The number of anilines is 3. The van der Waals surface area contributed by atoms with Gasteiger partial charge in [-0.2, -0.15) is 0 Å². The van der Waals surface area contributed by atoms with Crippen LogP contribution in [0.1, 0.15) is 25.0 Å². The fraction of sp³-hybridized carbons (Fsp3) is 0.350. The average molecular weight is 325 g/mol. The van der Waals surface area contributed by atoms with Crippen LogP contribution < -0.4 is 15.5 Å². The predicted molar refractivity (Wildman–Crippen MR) is 103 cm³/mol. The Morgan fingerprint density at radius 3 is 2.25 bits per heavy atom. The SMILES string of the molecule is CCN(CC)c1ccc(NCC(=O)Nc2ccc(C)cc2C)cc1. The van der Waals surface area contributed by atoms with Crippen molar-refractivity contribution in [3.05, 3.63) is 53.6 Å². The van der Waals surface area contributed by atoms with Gasteiger partial charge in [-0.3, -0.25) is 4.79 Å². The Kier molecular flexibility index (Phi) is 6.24. The molecule has 128 valence electrons. The molecule has 2 rings (SSSR count). The lowest BCUT2D eigenvalue weighted by Gasteiger charge is -2.21. The Labute approximate surface area is 144 Å². The highest BCUT2D eigenvalue weighted by molar-refractivity contribution is 5.94. The summed E-state index contributed by atoms with van der Waals surface area (Å²) < 4.78 is 0. The number of hydrogen-bond donors (Lipinski definition) is 2. The van der Waals surface area contributed by atoms with Crippen molar-refractivity contribution in [2.45, 2.75) is 27.7 Å². The molecule has 4 nitrogen and oxygen atoms in total. The summed E-state index contributed by atoms with van der Waals surface area (Å²) in [6.45, 7) is 10.6. The van der Waals surface area contributed by atoms with Gasteiger partial charge in [-0.15, -0.1) is 0 Å². The number of benzene rings is 2. The van der Waals surface area contributed by atoms with E-state index in [1.54, 1.807) is 0 Å². The van der Waals surface area contributed by atoms with Gasteiger partial charge in [-0.25, -0.2) is 0 Å². The third-order valence-electron chi connectivity index (χ3n) is 4.10. The molecule has 0 saturated heterocycles. The minimum atomic E-state index is -0.0465. The molecule has 0 atom stereocenters. The van der Waals surface area contributed by atoms with Gasteiger partial charge in [0.1, 0.15) is 0 Å². The van der Waals surface area contributed by atoms with Gasteiger partial charge in [0.2, 0.25) is 5.91 Å². The number of aryl methyl sites for hydroxylation is 2. The van der Waals surface area contributed by atoms with Crippen molar-refractivity contribution in [1.29, 1.82) is 0 Å². The largest absolute Gasteiger partial charge is 0.376 e. The summed E-state index contributed by atoms with van der Waals surface area (Å²) in [6, 6.07) is 14.2. The Balaban J connectivity index is 1.89. The van der Waals surface area contributed by atoms with E-state index >= 15 is 0 Å². The molecular weight excluding hydrogens is 298 g/mol. The Morgan fingerprint density at radius 2 is 1.67 bits per heavy atom. The molecule has 0 heterocycles. The van der Waals surface area contributed by atoms with Gasteiger partial charge in [-0.1, -0.05) is 17.7 Å². The lowest BCUT2D eigenvalue weighted by Crippen LogP contribution is -2.23. The maximum Gasteiger partial charge on any atom is 0.243 e. The van der Waals surface area contributed by atoms with Gasteiger partial charge in [0.25, 0.3) is 0 Å². The Hall–Kier alpha value is -2.49. The summed E-state index contributed by atoms with van der Waals surface area (Å²) in [5.41, 5.74) is 5.28. The maximum atomic E-state index is 12.1. The Bertz CT molecular complexity index is 676. The van der Waals surface area contributed by atoms with Crippen LogP contribution in [0.3, 0.4) is 0 Å². The van der Waals surface area contributed by atoms with Crippen LogP contribution in [0, 0.1) is 13.8 Å². The fourth-order valence-corrected chi connectivity index (χ4v) is 2.71. The molecule has 0 spiro atoms. The highest BCUT2D eigenvalue weighted by Crippen LogP contribution is 2.18. The molecule has 2 aromatic carbocycles. The van der Waals surface area contributed by atoms with Gasteiger partial charge in [0, 0.05) is 30.2 Å². The topological polar surface area (TPSA) is 44.4 Å². The van der Waals surface area contributed by atoms with Crippen molar-refractivity contribution in [3.63, 3.8) is 0 Å². The van der Waals surface area contributed by atoms with Crippen LogP contribution in [-0.2, 0) is 4.79 Å². The predicted octanol–water partition coefficient (Wildman–Crippen LogP) is 4.20. The van der Waals surface area contributed by atoms with Crippen LogP contribution >= 0.6 is 0 Å². The first kappa shape index (κ1) is 17.9. The molecule has 0 bridgehead atoms. The highest BCUT2D eigenvalue weighted by atomic mass is 16.1. The first-order valence-electron chi connectivity index (χ1n) is 8.49. The lowest BCUT2D eigenvalue weighted by atomic mass is 10.1. The molecule has 2 N–H and O–H groups in total. The number of carbonyl (C=O) groups is 1. The first-order chi connectivity index (χ1) is 11.5. The van der Waals surface area contributed by atoms with Crippen LogP contribution in [-0.4, -0.2) is 25.5 Å². The zero-order valence-electron chi connectivity index (χ0n) is 15.0. The fourth-order valence-electron chi connectivity index (χ4n) is 2.71. The van der Waals surface area contributed by atoms with Gasteiger partial charge < -0.3 is 15.5 Å². The quantitative estimate of drug-likeness (QED) is 0.802. The van der Waals surface area contributed by atoms with E-state index in [9.17, 15) is 4.79 Å². The van der Waals surface area contributed by atoms with E-state index in [2.05, 4.69) is 47.6 Å². The van der Waals surface area contributed by atoms with E-state index in [1.165, 1.54) is 11.3 Å². The monoisotopic (exact) mass is 325 g/mol. The van der Waals surface area contributed by atoms with Crippen molar-refractivity contribution in [2.24, 2.45) is 0 Å². The van der Waals surface area contributed by atoms with Crippen LogP contribution in [0.15, 0.2) is 42.5 Å². The lowest BCUT2D eigenvalue weighted by molar-refractivity contribution is -0.114. The van der Waals surface area contributed by atoms with E-state index in [0.29, 0.717) is 0 Å². The van der Waals surface area contributed by atoms with Gasteiger partial charge in [0.05, 0.1) is 6.54 Å². The molecule has 0 aliphatic heterocycles. The number of carbonyl (C=O) groups excluding carboxylic acids is 1. The van der Waals surface area contributed by atoms with Crippen molar-refractivity contribution in [1.82, 2.24) is 0 Å². The normalized spacial score (nSPS) is 10.3. The smallest absolute Gasteiger partial charge is 0.243 e. The molecule has 0 fully saturated rings. The second-order valence-corrected chi connectivity index (χ2v) is 5.94. The van der Waals surface area contributed by atoms with Crippen LogP contribution in [0.4, 0.5) is 17.1 Å². The summed E-state index contributed by atoms with van der Waals surface area (Å²) in [7, 11) is 0. The third kappa shape index (κ3) is 4.75. The summed E-state index contributed by atoms with van der Waals surface area (Å²) in [4.78, 5) is 14.4. The average Bonchev–Trinajstić information content (AvgIpc) is 2.58. The minimum absolute atomic E-state index is 0.0465. The summed E-state index contributed by atoms with van der Waals surface area (Å²) >= 11 is 0. The van der Waals surface area contributed by atoms with Crippen LogP contribution in [0.5, 0.6) is 0 Å². The van der Waals surface area contributed by atoms with Crippen molar-refractivity contribution < 1.29 is 4.79 Å². The van der Waals surface area contributed by atoms with E-state index in [0.717, 1.165) is 30.0 Å². The van der Waals surface area contributed by atoms with Crippen LogP contribution in [0.2, 0.25) is 0 Å². The summed E-state index contributed by atoms with van der Waals surface area (Å²) in [6.07, 6.45) is 0. The van der Waals surface area contributed by atoms with Crippen molar-refractivity contribution >= 4 is 23.0 Å². The van der Waals surface area contributed by atoms with E-state index in [4.69, 9.17) is 0 Å². The maximum absolute atomic E-state index is 12.1. The summed E-state index contributed by atoms with van der Waals surface area (Å²) in [5.74, 6) is -0.0465. The van der Waals surface area contributed by atoms with E-state index in [-0.39, 0.29) is 12.5 Å². The molecule has 24 heavy (non-hydrogen) atoms. The molecule has 0 radical (unpaired) electrons. The Morgan fingerprint density at radius 1 is 1.00 bits per heavy atom. The molecule has 0 aromatic heterocycles. The van der Waals surface area contributed by atoms with Gasteiger partial charge in [0.15, 0.2) is 0 Å². The molecule has 0 aliphatic rings. The second-order valence-electron chi connectivity index (χ2n) is 5.94. The number of amides is 1. The first-order valence-corrected chi connectivity index (χ1v) is 8.49. The highest BCUT2D eigenvalue weighted by Gasteiger charge is 2.06. The summed E-state index contributed by atoms with van der Waals surface area (Å²) in [5, 5.41) is 6.11. The van der Waals surface area contributed by atoms with Crippen molar-refractivity contribution in [2.75, 3.05) is 35.2 Å². The van der Waals surface area contributed by atoms with Gasteiger partial charge >= 0.3 is 0 Å². The molecule has 4 heteroatoms. The molecule has 2 aromatic rings. The molecular formula is C20H27N3O. The van der Waals surface area contributed by atoms with E-state index in [1.807, 2.05) is 38.1 Å². The van der Waals surface area contributed by atoms with E-state index < -0.39 is 0 Å².